The van der Waals surface area contributed by atoms with Gasteiger partial charge in [-0.2, -0.15) is 0 Å². The molecule has 7 nitrogen and oxygen atoms in total. The van der Waals surface area contributed by atoms with Crippen molar-refractivity contribution in [3.63, 3.8) is 0 Å². The molecule has 0 aliphatic heterocycles. The monoisotopic (exact) mass is 301 g/mol. The summed E-state index contributed by atoms with van der Waals surface area (Å²) in [6, 6.07) is 3.03. The molecule has 1 aromatic heterocycles. The molecule has 0 radical (unpaired) electrons. The number of rotatable bonds is 8. The molecule has 1 rings (SSSR count). The van der Waals surface area contributed by atoms with E-state index < -0.39 is 0 Å². The number of pyridine rings is 1. The maximum absolute atomic E-state index is 12.0. The van der Waals surface area contributed by atoms with Gasteiger partial charge in [-0.15, -0.1) is 0 Å². The van der Waals surface area contributed by atoms with Gasteiger partial charge in [-0.1, -0.05) is 11.6 Å². The van der Waals surface area contributed by atoms with Gasteiger partial charge in [0.25, 0.3) is 5.91 Å². The summed E-state index contributed by atoms with van der Waals surface area (Å²) in [6.45, 7) is 2.74. The van der Waals surface area contributed by atoms with E-state index in [1.165, 1.54) is 12.1 Å². The van der Waals surface area contributed by atoms with Gasteiger partial charge in [-0.3, -0.25) is 4.79 Å². The van der Waals surface area contributed by atoms with Crippen LogP contribution in [0.5, 0.6) is 0 Å². The zero-order chi connectivity index (χ0) is 15.0. The summed E-state index contributed by atoms with van der Waals surface area (Å²) in [5, 5.41) is 3.02. The van der Waals surface area contributed by atoms with Gasteiger partial charge in [0, 0.05) is 32.3 Å². The van der Waals surface area contributed by atoms with Crippen LogP contribution in [0, 0.1) is 0 Å². The number of hydrazine groups is 1. The first-order valence-corrected chi connectivity index (χ1v) is 6.54. The largest absolute Gasteiger partial charge is 0.383 e. The van der Waals surface area contributed by atoms with Crippen molar-refractivity contribution >= 4 is 23.3 Å². The highest BCUT2D eigenvalue weighted by Crippen LogP contribution is 2.13. The normalized spacial score (nSPS) is 10.7. The highest BCUT2D eigenvalue weighted by Gasteiger charge is 2.09. The van der Waals surface area contributed by atoms with Gasteiger partial charge in [-0.25, -0.2) is 10.8 Å². The lowest BCUT2D eigenvalue weighted by molar-refractivity contribution is 0.0947. The van der Waals surface area contributed by atoms with E-state index in [1.807, 2.05) is 7.05 Å². The van der Waals surface area contributed by atoms with E-state index in [4.69, 9.17) is 22.2 Å². The first-order valence-electron chi connectivity index (χ1n) is 6.16. The smallest absolute Gasteiger partial charge is 0.251 e. The number of hydrogen-bond acceptors (Lipinski definition) is 6. The second-order valence-corrected chi connectivity index (χ2v) is 4.65. The first-order chi connectivity index (χ1) is 9.56. The van der Waals surface area contributed by atoms with Gasteiger partial charge in [0.05, 0.1) is 6.61 Å². The summed E-state index contributed by atoms with van der Waals surface area (Å²) in [4.78, 5) is 17.9. The summed E-state index contributed by atoms with van der Waals surface area (Å²) < 4.78 is 4.98. The predicted molar refractivity (Wildman–Crippen MR) is 78.8 cm³/mol. The quantitative estimate of drug-likeness (QED) is 0.364. The Balaban J connectivity index is 2.45. The molecule has 0 saturated heterocycles. The minimum absolute atomic E-state index is 0.211. The van der Waals surface area contributed by atoms with Crippen molar-refractivity contribution in [3.8, 4) is 0 Å². The lowest BCUT2D eigenvalue weighted by Crippen LogP contribution is -2.34. The number of carbonyl (C=O) groups is 1. The van der Waals surface area contributed by atoms with E-state index in [9.17, 15) is 4.79 Å². The van der Waals surface area contributed by atoms with Crippen LogP contribution in [0.15, 0.2) is 12.1 Å². The number of carbonyl (C=O) groups excluding carboxylic acids is 1. The molecule has 4 N–H and O–H groups in total. The molecule has 8 heteroatoms. The standard InChI is InChI=1S/C12H20ClN5O2/c1-18(5-6-20-2)4-3-15-12(19)9-7-10(13)16-11(8-9)17-14/h7-8H,3-6,14H2,1-2H3,(H,15,19)(H,16,17). The van der Waals surface area contributed by atoms with E-state index in [1.54, 1.807) is 7.11 Å². The van der Waals surface area contributed by atoms with E-state index >= 15 is 0 Å². The Hall–Kier alpha value is -1.41. The van der Waals surface area contributed by atoms with Crippen molar-refractivity contribution in [1.29, 1.82) is 0 Å². The van der Waals surface area contributed by atoms with Gasteiger partial charge in [0.15, 0.2) is 0 Å². The minimum atomic E-state index is -0.217. The number of nitrogens with zero attached hydrogens (tertiary/aromatic N) is 2. The summed E-state index contributed by atoms with van der Waals surface area (Å²) in [5.41, 5.74) is 2.78. The van der Waals surface area contributed by atoms with Gasteiger partial charge < -0.3 is 20.4 Å². The second-order valence-electron chi connectivity index (χ2n) is 4.26. The molecule has 0 atom stereocenters. The van der Waals surface area contributed by atoms with Crippen LogP contribution in [-0.2, 0) is 4.74 Å². The number of anilines is 1. The maximum Gasteiger partial charge on any atom is 0.251 e. The lowest BCUT2D eigenvalue weighted by Gasteiger charge is -2.16. The van der Waals surface area contributed by atoms with Crippen LogP contribution >= 0.6 is 11.6 Å². The molecular weight excluding hydrogens is 282 g/mol. The summed E-state index contributed by atoms with van der Waals surface area (Å²) in [5.74, 6) is 5.38. The third-order valence-electron chi connectivity index (χ3n) is 2.66. The Morgan fingerprint density at radius 3 is 2.90 bits per heavy atom. The van der Waals surface area contributed by atoms with Crippen LogP contribution in [0.2, 0.25) is 5.15 Å². The SMILES string of the molecule is COCCN(C)CCNC(=O)c1cc(Cl)nc(NN)c1. The molecule has 0 unspecified atom stereocenters. The average Bonchev–Trinajstić information content (AvgIpc) is 2.44. The fourth-order valence-electron chi connectivity index (χ4n) is 1.52. The van der Waals surface area contributed by atoms with Crippen LogP contribution < -0.4 is 16.6 Å². The lowest BCUT2D eigenvalue weighted by atomic mass is 10.2. The Morgan fingerprint density at radius 2 is 2.25 bits per heavy atom. The number of ether oxygens (including phenoxy) is 1. The molecule has 1 amide bonds. The van der Waals surface area contributed by atoms with E-state index in [0.717, 1.165) is 13.1 Å². The van der Waals surface area contributed by atoms with E-state index in [2.05, 4.69) is 20.6 Å². The fraction of sp³-hybridized carbons (Fsp3) is 0.500. The van der Waals surface area contributed by atoms with Crippen LogP contribution in [0.3, 0.4) is 0 Å². The number of likely N-dealkylation sites (N-methyl/N-ethyl adjacent to an activating group) is 1. The zero-order valence-electron chi connectivity index (χ0n) is 11.6. The van der Waals surface area contributed by atoms with Crippen molar-refractivity contribution in [1.82, 2.24) is 15.2 Å². The van der Waals surface area contributed by atoms with Crippen LogP contribution in [0.4, 0.5) is 5.82 Å². The minimum Gasteiger partial charge on any atom is -0.383 e. The molecule has 0 aromatic carbocycles. The van der Waals surface area contributed by atoms with Crippen LogP contribution in [-0.4, -0.2) is 56.2 Å². The molecular formula is C12H20ClN5O2. The molecule has 0 spiro atoms. The Bertz CT molecular complexity index is 444. The van der Waals surface area contributed by atoms with Gasteiger partial charge >= 0.3 is 0 Å². The van der Waals surface area contributed by atoms with Crippen LogP contribution in [0.1, 0.15) is 10.4 Å². The fourth-order valence-corrected chi connectivity index (χ4v) is 1.73. The Labute approximate surface area is 123 Å². The maximum atomic E-state index is 12.0. The third-order valence-corrected chi connectivity index (χ3v) is 2.85. The molecule has 0 fully saturated rings. The number of hydrogen-bond donors (Lipinski definition) is 3. The van der Waals surface area contributed by atoms with Crippen molar-refractivity contribution in [2.45, 2.75) is 0 Å². The van der Waals surface area contributed by atoms with Gasteiger partial charge in [0.1, 0.15) is 11.0 Å². The average molecular weight is 302 g/mol. The molecule has 1 aromatic rings. The van der Waals surface area contributed by atoms with Crippen LogP contribution in [0.25, 0.3) is 0 Å². The van der Waals surface area contributed by atoms with Gasteiger partial charge in [0.2, 0.25) is 0 Å². The summed E-state index contributed by atoms with van der Waals surface area (Å²) in [6.07, 6.45) is 0. The van der Waals surface area contributed by atoms with Crippen molar-refractivity contribution < 1.29 is 9.53 Å². The zero-order valence-corrected chi connectivity index (χ0v) is 12.4. The molecule has 1 heterocycles. The second kappa shape index (κ2) is 8.70. The first kappa shape index (κ1) is 16.6. The van der Waals surface area contributed by atoms with Gasteiger partial charge in [-0.05, 0) is 19.2 Å². The van der Waals surface area contributed by atoms with E-state index in [-0.39, 0.29) is 11.1 Å². The topological polar surface area (TPSA) is 92.5 Å². The molecule has 20 heavy (non-hydrogen) atoms. The Morgan fingerprint density at radius 1 is 1.50 bits per heavy atom. The van der Waals surface area contributed by atoms with Crippen molar-refractivity contribution in [2.75, 3.05) is 45.8 Å². The highest BCUT2D eigenvalue weighted by molar-refractivity contribution is 6.29. The van der Waals surface area contributed by atoms with E-state index in [0.29, 0.717) is 24.5 Å². The highest BCUT2D eigenvalue weighted by atomic mass is 35.5. The summed E-state index contributed by atoms with van der Waals surface area (Å²) in [7, 11) is 3.62. The number of nitrogen functional groups attached to an aromatic ring is 1. The number of nitrogens with two attached hydrogens (primary N) is 1. The molecule has 0 aliphatic rings. The van der Waals surface area contributed by atoms with Crippen molar-refractivity contribution in [3.05, 3.63) is 22.8 Å². The molecule has 0 bridgehead atoms. The molecule has 0 saturated carbocycles. The third kappa shape index (κ3) is 5.70. The number of methoxy groups -OCH3 is 1. The number of halogens is 1. The molecule has 112 valence electrons. The number of aromatic nitrogens is 1. The Kier molecular flexibility index (Phi) is 7.24. The number of amides is 1. The summed E-state index contributed by atoms with van der Waals surface area (Å²) >= 11 is 5.81. The molecule has 0 aliphatic carbocycles. The number of nitrogens with one attached hydrogen (secondary N) is 2. The van der Waals surface area contributed by atoms with Crippen molar-refractivity contribution in [2.24, 2.45) is 5.84 Å². The predicted octanol–water partition coefficient (Wildman–Crippen LogP) is 0.329.